The molecule has 23 heavy (non-hydrogen) atoms. The molecule has 0 spiro atoms. The molecule has 0 N–H and O–H groups in total. The third-order valence-electron chi connectivity index (χ3n) is 3.61. The maximum atomic E-state index is 12.2. The highest BCUT2D eigenvalue weighted by molar-refractivity contribution is 5.77. The second kappa shape index (κ2) is 7.46. The molecule has 0 heterocycles. The number of nitrogens with zero attached hydrogens (tertiary/aromatic N) is 2. The van der Waals surface area contributed by atoms with Crippen LogP contribution in [0.4, 0.5) is 0 Å². The molecule has 2 aromatic carbocycles. The number of benzene rings is 2. The lowest BCUT2D eigenvalue weighted by atomic mass is 10.1. The Morgan fingerprint density at radius 3 is 2.48 bits per heavy atom. The standard InChI is InChI=1S/C19H20N2O2/c1-14-4-9-18(15(2)10-14)23-13-19(22)21(3)12-17-7-5-16(11-20)6-8-17/h4-10H,12-13H2,1-3H3. The SMILES string of the molecule is Cc1ccc(OCC(=O)N(C)Cc2ccc(C#N)cc2)c(C)c1. The summed E-state index contributed by atoms with van der Waals surface area (Å²) in [7, 11) is 1.74. The van der Waals surface area contributed by atoms with Gasteiger partial charge in [0.1, 0.15) is 5.75 Å². The second-order valence-corrected chi connectivity index (χ2v) is 5.62. The lowest BCUT2D eigenvalue weighted by Gasteiger charge is -2.18. The van der Waals surface area contributed by atoms with Gasteiger partial charge in [0.15, 0.2) is 6.61 Å². The molecule has 1 amide bonds. The lowest BCUT2D eigenvalue weighted by molar-refractivity contribution is -0.132. The zero-order chi connectivity index (χ0) is 16.8. The Kier molecular flexibility index (Phi) is 5.37. The summed E-state index contributed by atoms with van der Waals surface area (Å²) in [5.41, 5.74) is 3.78. The van der Waals surface area contributed by atoms with Crippen molar-refractivity contribution in [1.29, 1.82) is 5.26 Å². The Morgan fingerprint density at radius 1 is 1.17 bits per heavy atom. The van der Waals surface area contributed by atoms with Gasteiger partial charge in [-0.1, -0.05) is 29.8 Å². The number of amides is 1. The summed E-state index contributed by atoms with van der Waals surface area (Å²) in [6, 6.07) is 15.2. The number of hydrogen-bond acceptors (Lipinski definition) is 3. The highest BCUT2D eigenvalue weighted by Gasteiger charge is 2.11. The largest absolute Gasteiger partial charge is 0.484 e. The van der Waals surface area contributed by atoms with Gasteiger partial charge in [-0.05, 0) is 43.2 Å². The Labute approximate surface area is 136 Å². The van der Waals surface area contributed by atoms with Gasteiger partial charge >= 0.3 is 0 Å². The van der Waals surface area contributed by atoms with Crippen LogP contribution in [0.25, 0.3) is 0 Å². The van der Waals surface area contributed by atoms with Gasteiger partial charge in [0.25, 0.3) is 5.91 Å². The molecule has 2 rings (SSSR count). The zero-order valence-electron chi connectivity index (χ0n) is 13.7. The van der Waals surface area contributed by atoms with E-state index in [9.17, 15) is 4.79 Å². The van der Waals surface area contributed by atoms with Gasteiger partial charge in [0.2, 0.25) is 0 Å². The van der Waals surface area contributed by atoms with Crippen molar-refractivity contribution in [3.8, 4) is 11.8 Å². The molecule has 0 aliphatic heterocycles. The summed E-state index contributed by atoms with van der Waals surface area (Å²) >= 11 is 0. The predicted molar refractivity (Wildman–Crippen MR) is 89.0 cm³/mol. The van der Waals surface area contributed by atoms with E-state index in [1.165, 1.54) is 5.56 Å². The molecular formula is C19H20N2O2. The Hall–Kier alpha value is -2.80. The van der Waals surface area contributed by atoms with Crippen LogP contribution in [0.15, 0.2) is 42.5 Å². The van der Waals surface area contributed by atoms with E-state index in [0.717, 1.165) is 16.9 Å². The first-order valence-corrected chi connectivity index (χ1v) is 7.42. The fraction of sp³-hybridized carbons (Fsp3) is 0.263. The van der Waals surface area contributed by atoms with E-state index in [-0.39, 0.29) is 12.5 Å². The van der Waals surface area contributed by atoms with Crippen molar-refractivity contribution in [1.82, 2.24) is 4.90 Å². The van der Waals surface area contributed by atoms with Gasteiger partial charge in [0.05, 0.1) is 11.6 Å². The van der Waals surface area contributed by atoms with Crippen molar-refractivity contribution in [2.45, 2.75) is 20.4 Å². The number of likely N-dealkylation sites (N-methyl/N-ethyl adjacent to an activating group) is 1. The fourth-order valence-corrected chi connectivity index (χ4v) is 2.26. The number of nitriles is 1. The molecule has 0 aliphatic rings. The second-order valence-electron chi connectivity index (χ2n) is 5.62. The van der Waals surface area contributed by atoms with E-state index in [1.807, 2.05) is 44.2 Å². The summed E-state index contributed by atoms with van der Waals surface area (Å²) in [6.45, 7) is 4.48. The molecular weight excluding hydrogens is 288 g/mol. The minimum Gasteiger partial charge on any atom is -0.484 e. The molecule has 118 valence electrons. The summed E-state index contributed by atoms with van der Waals surface area (Å²) in [5.74, 6) is 0.644. The van der Waals surface area contributed by atoms with Crippen LogP contribution in [0, 0.1) is 25.2 Å². The van der Waals surface area contributed by atoms with Crippen LogP contribution < -0.4 is 4.74 Å². The Bertz CT molecular complexity index is 730. The number of rotatable bonds is 5. The van der Waals surface area contributed by atoms with Crippen LogP contribution in [-0.2, 0) is 11.3 Å². The summed E-state index contributed by atoms with van der Waals surface area (Å²) in [6.07, 6.45) is 0. The van der Waals surface area contributed by atoms with Crippen molar-refractivity contribution >= 4 is 5.91 Å². The summed E-state index contributed by atoms with van der Waals surface area (Å²) in [5, 5.41) is 8.79. The van der Waals surface area contributed by atoms with Crippen molar-refractivity contribution < 1.29 is 9.53 Å². The smallest absolute Gasteiger partial charge is 0.260 e. The molecule has 0 aromatic heterocycles. The first-order chi connectivity index (χ1) is 11.0. The third kappa shape index (κ3) is 4.58. The van der Waals surface area contributed by atoms with Gasteiger partial charge < -0.3 is 9.64 Å². The van der Waals surface area contributed by atoms with E-state index in [0.29, 0.717) is 12.1 Å². The van der Waals surface area contributed by atoms with Gasteiger partial charge in [0, 0.05) is 13.6 Å². The maximum Gasteiger partial charge on any atom is 0.260 e. The van der Waals surface area contributed by atoms with E-state index >= 15 is 0 Å². The summed E-state index contributed by atoms with van der Waals surface area (Å²) in [4.78, 5) is 13.8. The molecule has 0 radical (unpaired) electrons. The minimum atomic E-state index is -0.0886. The number of hydrogen-bond donors (Lipinski definition) is 0. The van der Waals surface area contributed by atoms with E-state index in [2.05, 4.69) is 6.07 Å². The predicted octanol–water partition coefficient (Wildman–Crippen LogP) is 3.21. The maximum absolute atomic E-state index is 12.2. The zero-order valence-corrected chi connectivity index (χ0v) is 13.7. The van der Waals surface area contributed by atoms with Crippen molar-refractivity contribution in [2.75, 3.05) is 13.7 Å². The van der Waals surface area contributed by atoms with Crippen LogP contribution in [-0.4, -0.2) is 24.5 Å². The molecule has 0 saturated carbocycles. The van der Waals surface area contributed by atoms with Crippen molar-refractivity contribution in [3.63, 3.8) is 0 Å². The number of aryl methyl sites for hydroxylation is 2. The molecule has 0 bridgehead atoms. The molecule has 2 aromatic rings. The highest BCUT2D eigenvalue weighted by Crippen LogP contribution is 2.18. The van der Waals surface area contributed by atoms with Crippen molar-refractivity contribution in [2.24, 2.45) is 0 Å². The van der Waals surface area contributed by atoms with Gasteiger partial charge in [-0.25, -0.2) is 0 Å². The molecule has 4 heteroatoms. The van der Waals surface area contributed by atoms with E-state index in [4.69, 9.17) is 10.00 Å². The first-order valence-electron chi connectivity index (χ1n) is 7.42. The van der Waals surface area contributed by atoms with Crippen LogP contribution in [0.3, 0.4) is 0 Å². The first kappa shape index (κ1) is 16.6. The molecule has 4 nitrogen and oxygen atoms in total. The van der Waals surface area contributed by atoms with Crippen LogP contribution >= 0.6 is 0 Å². The fourth-order valence-electron chi connectivity index (χ4n) is 2.26. The topological polar surface area (TPSA) is 53.3 Å². The minimum absolute atomic E-state index is 0.0106. The van der Waals surface area contributed by atoms with Gasteiger partial charge in [-0.3, -0.25) is 4.79 Å². The monoisotopic (exact) mass is 308 g/mol. The average molecular weight is 308 g/mol. The third-order valence-corrected chi connectivity index (χ3v) is 3.61. The molecule has 0 aliphatic carbocycles. The summed E-state index contributed by atoms with van der Waals surface area (Å²) < 4.78 is 5.61. The van der Waals surface area contributed by atoms with Crippen LogP contribution in [0.1, 0.15) is 22.3 Å². The molecule has 0 unspecified atom stereocenters. The number of carbonyl (C=O) groups excluding carboxylic acids is 1. The number of ether oxygens (including phenoxy) is 1. The number of carbonyl (C=O) groups is 1. The normalized spacial score (nSPS) is 10.0. The van der Waals surface area contributed by atoms with Gasteiger partial charge in [-0.15, -0.1) is 0 Å². The van der Waals surface area contributed by atoms with E-state index < -0.39 is 0 Å². The van der Waals surface area contributed by atoms with E-state index in [1.54, 1.807) is 24.1 Å². The Morgan fingerprint density at radius 2 is 1.87 bits per heavy atom. The van der Waals surface area contributed by atoms with Crippen LogP contribution in [0.2, 0.25) is 0 Å². The Balaban J connectivity index is 1.90. The van der Waals surface area contributed by atoms with Gasteiger partial charge in [-0.2, -0.15) is 5.26 Å². The highest BCUT2D eigenvalue weighted by atomic mass is 16.5. The lowest BCUT2D eigenvalue weighted by Crippen LogP contribution is -2.31. The average Bonchev–Trinajstić information content (AvgIpc) is 2.54. The van der Waals surface area contributed by atoms with Crippen LogP contribution in [0.5, 0.6) is 5.75 Å². The van der Waals surface area contributed by atoms with Crippen molar-refractivity contribution in [3.05, 3.63) is 64.7 Å². The quantitative estimate of drug-likeness (QED) is 0.852. The molecule has 0 saturated heterocycles. The molecule has 0 atom stereocenters. The molecule has 0 fully saturated rings.